The normalized spacial score (nSPS) is 12.4. The van der Waals surface area contributed by atoms with E-state index in [4.69, 9.17) is 4.74 Å². The molecule has 0 bridgehead atoms. The number of amides is 1. The summed E-state index contributed by atoms with van der Waals surface area (Å²) in [5, 5.41) is 3.22. The van der Waals surface area contributed by atoms with Crippen LogP contribution in [0.15, 0.2) is 42.7 Å². The molecule has 1 unspecified atom stereocenters. The van der Waals surface area contributed by atoms with Crippen molar-refractivity contribution in [2.45, 2.75) is 130 Å². The van der Waals surface area contributed by atoms with Crippen LogP contribution in [-0.2, 0) is 12.5 Å². The fourth-order valence-corrected chi connectivity index (χ4v) is 4.92. The van der Waals surface area contributed by atoms with Gasteiger partial charge in [-0.2, -0.15) is 0 Å². The molecule has 212 valence electrons. The predicted octanol–water partition coefficient (Wildman–Crippen LogP) is 8.77. The van der Waals surface area contributed by atoms with Crippen LogP contribution in [0.5, 0.6) is 5.75 Å². The van der Waals surface area contributed by atoms with Gasteiger partial charge in [-0.05, 0) is 41.5 Å². The Morgan fingerprint density at radius 1 is 0.842 bits per heavy atom. The van der Waals surface area contributed by atoms with E-state index in [2.05, 4.69) is 58.1 Å². The zero-order valence-corrected chi connectivity index (χ0v) is 25.3. The number of hydrogen-bond donors (Lipinski definition) is 1. The number of carbonyl (C=O) groups is 1. The molecule has 2 aromatic rings. The second-order valence-corrected chi connectivity index (χ2v) is 11.9. The fraction of sp³-hybridized carbons (Fsp3) is 0.647. The number of nitrogens with one attached hydrogen (secondary N) is 1. The van der Waals surface area contributed by atoms with E-state index in [-0.39, 0.29) is 17.4 Å². The second-order valence-electron chi connectivity index (χ2n) is 11.9. The highest BCUT2D eigenvalue weighted by Crippen LogP contribution is 2.34. The van der Waals surface area contributed by atoms with E-state index < -0.39 is 0 Å². The van der Waals surface area contributed by atoms with Crippen LogP contribution in [0.2, 0.25) is 0 Å². The maximum atomic E-state index is 12.9. The Morgan fingerprint density at radius 3 is 1.92 bits per heavy atom. The summed E-state index contributed by atoms with van der Waals surface area (Å²) in [6.45, 7) is 11.8. The molecule has 0 spiro atoms. The van der Waals surface area contributed by atoms with Gasteiger partial charge in [-0.3, -0.25) is 4.79 Å². The molecule has 1 N–H and O–H groups in total. The Hall–Kier alpha value is -2.36. The van der Waals surface area contributed by atoms with Crippen molar-refractivity contribution >= 4 is 5.91 Å². The van der Waals surface area contributed by atoms with E-state index in [9.17, 15) is 4.79 Å². The topological polar surface area (TPSA) is 42.2 Å². The highest BCUT2D eigenvalue weighted by molar-refractivity contribution is 5.94. The molecule has 0 radical (unpaired) electrons. The molecule has 0 saturated carbocycles. The SMILES string of the molecule is CCCCCCCCCCCCCCOc1ccc(C(CC)NC(=O)c2cc[n+](C)cc2)cc1C(C)(C)C. The number of benzene rings is 1. The molecule has 0 aliphatic carbocycles. The Bertz CT molecular complexity index is 930. The third-order valence-electron chi connectivity index (χ3n) is 7.42. The summed E-state index contributed by atoms with van der Waals surface area (Å²) in [6, 6.07) is 10.1. The van der Waals surface area contributed by atoms with E-state index in [1.165, 1.54) is 76.2 Å². The maximum absolute atomic E-state index is 12.9. The highest BCUT2D eigenvalue weighted by atomic mass is 16.5. The molecule has 1 aromatic heterocycles. The molecular weight excluding hydrogens is 468 g/mol. The minimum absolute atomic E-state index is 0.0389. The molecule has 0 fully saturated rings. The van der Waals surface area contributed by atoms with Crippen LogP contribution in [-0.4, -0.2) is 12.5 Å². The third-order valence-corrected chi connectivity index (χ3v) is 7.42. The molecule has 1 amide bonds. The minimum atomic E-state index is -0.0433. The lowest BCUT2D eigenvalue weighted by Gasteiger charge is -2.26. The fourth-order valence-electron chi connectivity index (χ4n) is 4.92. The lowest BCUT2D eigenvalue weighted by atomic mass is 9.84. The number of rotatable bonds is 18. The number of aryl methyl sites for hydroxylation is 1. The van der Waals surface area contributed by atoms with Crippen molar-refractivity contribution in [3.05, 3.63) is 59.4 Å². The lowest BCUT2D eigenvalue weighted by molar-refractivity contribution is -0.671. The van der Waals surface area contributed by atoms with Crippen LogP contribution >= 0.6 is 0 Å². The number of aromatic nitrogens is 1. The van der Waals surface area contributed by atoms with E-state index in [0.717, 1.165) is 30.8 Å². The van der Waals surface area contributed by atoms with Crippen LogP contribution < -0.4 is 14.6 Å². The Balaban J connectivity index is 1.82. The molecule has 1 heterocycles. The van der Waals surface area contributed by atoms with Gasteiger partial charge in [0.25, 0.3) is 5.91 Å². The van der Waals surface area contributed by atoms with Gasteiger partial charge in [0.2, 0.25) is 0 Å². The molecule has 0 aliphatic rings. The van der Waals surface area contributed by atoms with Crippen LogP contribution in [0.1, 0.15) is 146 Å². The summed E-state index contributed by atoms with van der Waals surface area (Å²) in [5.41, 5.74) is 2.97. The standard InChI is InChI=1S/C34H54N2O2/c1-7-9-10-11-12-13-14-15-16-17-18-19-26-38-32-21-20-29(27-30(32)34(3,4)5)31(8-2)35-33(37)28-22-24-36(6)25-23-28/h20-25,27,31H,7-19,26H2,1-6H3/p+1. The predicted molar refractivity (Wildman–Crippen MR) is 160 cm³/mol. The Morgan fingerprint density at radius 2 is 1.39 bits per heavy atom. The number of nitrogens with zero attached hydrogens (tertiary/aromatic N) is 1. The molecular formula is C34H55N2O2+. The van der Waals surface area contributed by atoms with Crippen LogP contribution in [0.4, 0.5) is 0 Å². The van der Waals surface area contributed by atoms with E-state index in [1.807, 2.05) is 36.1 Å². The van der Waals surface area contributed by atoms with Gasteiger partial charge in [-0.25, -0.2) is 4.57 Å². The van der Waals surface area contributed by atoms with Crippen LogP contribution in [0, 0.1) is 0 Å². The Kier molecular flexibility index (Phi) is 14.5. The largest absolute Gasteiger partial charge is 0.493 e. The average molecular weight is 524 g/mol. The first-order chi connectivity index (χ1) is 18.3. The van der Waals surface area contributed by atoms with Gasteiger partial charge in [0.1, 0.15) is 12.8 Å². The van der Waals surface area contributed by atoms with Gasteiger partial charge in [0, 0.05) is 12.1 Å². The average Bonchev–Trinajstić information content (AvgIpc) is 2.89. The molecule has 1 aromatic carbocycles. The lowest BCUT2D eigenvalue weighted by Crippen LogP contribution is -2.31. The summed E-state index contributed by atoms with van der Waals surface area (Å²) >= 11 is 0. The molecule has 1 atom stereocenters. The second kappa shape index (κ2) is 17.3. The van der Waals surface area contributed by atoms with E-state index in [0.29, 0.717) is 5.56 Å². The van der Waals surface area contributed by atoms with E-state index >= 15 is 0 Å². The van der Waals surface area contributed by atoms with Gasteiger partial charge in [-0.1, -0.05) is 111 Å². The summed E-state index contributed by atoms with van der Waals surface area (Å²) in [5.74, 6) is 0.933. The number of pyridine rings is 1. The van der Waals surface area contributed by atoms with Crippen molar-refractivity contribution < 1.29 is 14.1 Å². The number of carbonyl (C=O) groups excluding carboxylic acids is 1. The maximum Gasteiger partial charge on any atom is 0.252 e. The van der Waals surface area contributed by atoms with Gasteiger partial charge in [0.05, 0.1) is 18.2 Å². The summed E-state index contributed by atoms with van der Waals surface area (Å²) in [4.78, 5) is 12.9. The number of ether oxygens (including phenoxy) is 1. The van der Waals surface area contributed by atoms with E-state index in [1.54, 1.807) is 0 Å². The molecule has 2 rings (SSSR count). The van der Waals surface area contributed by atoms with Crippen molar-refractivity contribution in [1.82, 2.24) is 5.32 Å². The van der Waals surface area contributed by atoms with Crippen molar-refractivity contribution in [2.75, 3.05) is 6.61 Å². The van der Waals surface area contributed by atoms with Crippen molar-refractivity contribution in [2.24, 2.45) is 7.05 Å². The molecule has 4 heteroatoms. The van der Waals surface area contributed by atoms with Gasteiger partial charge < -0.3 is 10.1 Å². The van der Waals surface area contributed by atoms with Gasteiger partial charge >= 0.3 is 0 Å². The molecule has 0 aliphatic heterocycles. The Labute approximate surface area is 233 Å². The first kappa shape index (κ1) is 31.9. The van der Waals surface area contributed by atoms with Crippen LogP contribution in [0.3, 0.4) is 0 Å². The van der Waals surface area contributed by atoms with Crippen molar-refractivity contribution in [3.63, 3.8) is 0 Å². The monoisotopic (exact) mass is 523 g/mol. The quantitative estimate of drug-likeness (QED) is 0.157. The first-order valence-corrected chi connectivity index (χ1v) is 15.3. The minimum Gasteiger partial charge on any atom is -0.493 e. The summed E-state index contributed by atoms with van der Waals surface area (Å²) in [7, 11) is 1.95. The number of hydrogen-bond acceptors (Lipinski definition) is 2. The smallest absolute Gasteiger partial charge is 0.252 e. The zero-order chi connectivity index (χ0) is 27.8. The molecule has 4 nitrogen and oxygen atoms in total. The molecule has 38 heavy (non-hydrogen) atoms. The van der Waals surface area contributed by atoms with Crippen LogP contribution in [0.25, 0.3) is 0 Å². The van der Waals surface area contributed by atoms with Gasteiger partial charge in [-0.15, -0.1) is 0 Å². The zero-order valence-electron chi connectivity index (χ0n) is 25.3. The van der Waals surface area contributed by atoms with Crippen molar-refractivity contribution in [1.29, 1.82) is 0 Å². The highest BCUT2D eigenvalue weighted by Gasteiger charge is 2.22. The van der Waals surface area contributed by atoms with Crippen molar-refractivity contribution in [3.8, 4) is 5.75 Å². The molecule has 0 saturated heterocycles. The number of unbranched alkanes of at least 4 members (excludes halogenated alkanes) is 11. The summed E-state index contributed by atoms with van der Waals surface area (Å²) in [6.07, 6.45) is 20.8. The first-order valence-electron chi connectivity index (χ1n) is 15.3. The van der Waals surface area contributed by atoms with Gasteiger partial charge in [0.15, 0.2) is 12.4 Å². The third kappa shape index (κ3) is 11.6. The summed E-state index contributed by atoms with van der Waals surface area (Å²) < 4.78 is 8.23.